The summed E-state index contributed by atoms with van der Waals surface area (Å²) in [4.78, 5) is 0. The maximum absolute atomic E-state index is 2.47. The van der Waals surface area contributed by atoms with E-state index < -0.39 is 0 Å². The van der Waals surface area contributed by atoms with Crippen molar-refractivity contribution in [1.29, 1.82) is 0 Å². The molecular weight excluding hydrogens is 578 g/mol. The molecule has 2 heteroatoms. The highest BCUT2D eigenvalue weighted by molar-refractivity contribution is 15.0. The van der Waals surface area contributed by atoms with Gasteiger partial charge in [-0.3, -0.25) is 0 Å². The molecule has 168 valence electrons. The molecule has 0 heterocycles. The Morgan fingerprint density at radius 3 is 1.69 bits per heavy atom. The Morgan fingerprint density at radius 1 is 0.793 bits per heavy atom. The quantitative estimate of drug-likeness (QED) is 0.231. The van der Waals surface area contributed by atoms with E-state index >= 15 is 0 Å². The van der Waals surface area contributed by atoms with Gasteiger partial charge in [-0.1, -0.05) is 39.1 Å². The van der Waals surface area contributed by atoms with Gasteiger partial charge >= 0.3 is 0 Å². The average molecular weight is 624 g/mol. The number of hydrogen-bond acceptors (Lipinski definition) is 0. The number of rotatable bonds is 4. The molecule has 0 N–H and O–H groups in total. The number of halogens is 2. The molecular formula is C27H46I2. The van der Waals surface area contributed by atoms with Gasteiger partial charge in [-0.05, 0) is 131 Å². The van der Waals surface area contributed by atoms with Crippen molar-refractivity contribution in [2.45, 2.75) is 106 Å². The first-order chi connectivity index (χ1) is 13.1. The summed E-state index contributed by atoms with van der Waals surface area (Å²) in [5.41, 5.74) is 6.06. The maximum atomic E-state index is 2.47. The molecule has 0 amide bonds. The van der Waals surface area contributed by atoms with Gasteiger partial charge in [0.1, 0.15) is 0 Å². The second-order valence-electron chi connectivity index (χ2n) is 8.98. The highest BCUT2D eigenvalue weighted by Gasteiger charge is 2.31. The normalized spacial score (nSPS) is 26.7. The van der Waals surface area contributed by atoms with Gasteiger partial charge in [-0.25, -0.2) is 0 Å². The molecule has 1 aromatic carbocycles. The Hall–Kier alpha value is 0.420. The smallest absolute Gasteiger partial charge is 0 e. The Labute approximate surface area is 206 Å². The summed E-state index contributed by atoms with van der Waals surface area (Å²) < 4.78 is 0. The van der Waals surface area contributed by atoms with Crippen molar-refractivity contribution in [3.63, 3.8) is 0 Å². The summed E-state index contributed by atoms with van der Waals surface area (Å²) in [5, 5.41) is 0. The van der Waals surface area contributed by atoms with Crippen LogP contribution in [0, 0.1) is 38.5 Å². The molecule has 0 radical (unpaired) electrons. The molecule has 1 aromatic rings. The molecule has 0 spiro atoms. The fourth-order valence-corrected chi connectivity index (χ4v) is 5.45. The van der Waals surface area contributed by atoms with Gasteiger partial charge in [-0.15, -0.1) is 0 Å². The number of hydrogen-bond donors (Lipinski definition) is 0. The lowest BCUT2D eigenvalue weighted by atomic mass is 9.68. The maximum Gasteiger partial charge on any atom is 0 e. The van der Waals surface area contributed by atoms with E-state index in [-0.39, 0.29) is 14.9 Å². The van der Waals surface area contributed by atoms with Gasteiger partial charge in [-0.2, -0.15) is 0 Å². The first kappa shape index (κ1) is 29.4. The zero-order chi connectivity index (χ0) is 19.8. The van der Waals surface area contributed by atoms with Crippen LogP contribution in [0.15, 0.2) is 24.3 Å². The summed E-state index contributed by atoms with van der Waals surface area (Å²) in [6, 6.07) is 4.94. The summed E-state index contributed by atoms with van der Waals surface area (Å²) in [7, 11) is 0. The lowest BCUT2D eigenvalue weighted by Gasteiger charge is -2.38. The minimum Gasteiger partial charge on any atom is -0.0917 e. The van der Waals surface area contributed by atoms with Gasteiger partial charge in [0.25, 0.3) is 0 Å². The van der Waals surface area contributed by atoms with E-state index in [2.05, 4.69) is 89.2 Å². The number of aryl methyl sites for hydroxylation is 2. The third-order valence-corrected chi connectivity index (χ3v) is 7.46. The first-order valence-corrected chi connectivity index (χ1v) is 17.2. The van der Waals surface area contributed by atoms with Gasteiger partial charge in [0.05, 0.1) is 0 Å². The highest BCUT2D eigenvalue weighted by atomic mass is 128. The van der Waals surface area contributed by atoms with Crippen molar-refractivity contribution < 1.29 is 0 Å². The van der Waals surface area contributed by atoms with Crippen LogP contribution in [0.3, 0.4) is 0 Å². The lowest BCUT2D eigenvalue weighted by molar-refractivity contribution is 0.160. The molecule has 2 saturated carbocycles. The molecule has 0 saturated heterocycles. The van der Waals surface area contributed by atoms with Crippen molar-refractivity contribution in [2.24, 2.45) is 17.8 Å². The molecule has 0 aliphatic heterocycles. The van der Waals surface area contributed by atoms with E-state index in [4.69, 9.17) is 0 Å². The molecule has 2 aliphatic carbocycles. The predicted molar refractivity (Wildman–Crippen MR) is 152 cm³/mol. The molecule has 0 aromatic heterocycles. The summed E-state index contributed by atoms with van der Waals surface area (Å²) in [6.07, 6.45) is 17.7. The predicted octanol–water partition coefficient (Wildman–Crippen LogP) is 10.7. The van der Waals surface area contributed by atoms with Crippen molar-refractivity contribution >= 4 is 37.2 Å². The fraction of sp³-hybridized carbons (Fsp3) is 0.704. The van der Waals surface area contributed by atoms with E-state index in [0.717, 1.165) is 23.7 Å². The number of benzene rings is 1. The minimum atomic E-state index is 0. The van der Waals surface area contributed by atoms with Crippen LogP contribution in [-0.2, 0) is 0 Å². The van der Waals surface area contributed by atoms with Gasteiger partial charge in [0.2, 0.25) is 0 Å². The van der Waals surface area contributed by atoms with E-state index in [1.54, 1.807) is 5.56 Å². The standard InChI is InChI=1S/C25H38.2CH4.I2/c1-5-6-7-21-8-10-22(11-9-21)23-12-14-24(15-13-23)25-16-18(2)20(4)19(3)17-25;;;1-2/h5-6,16-17,21-24H,7-15H2,1-4H3;2*1H4;. The van der Waals surface area contributed by atoms with E-state index in [0.29, 0.717) is 0 Å². The van der Waals surface area contributed by atoms with Gasteiger partial charge in [0.15, 0.2) is 0 Å². The fourth-order valence-electron chi connectivity index (χ4n) is 5.45. The van der Waals surface area contributed by atoms with Crippen LogP contribution < -0.4 is 0 Å². The minimum absolute atomic E-state index is 0. The van der Waals surface area contributed by atoms with E-state index in [1.165, 1.54) is 74.5 Å². The third-order valence-electron chi connectivity index (χ3n) is 7.46. The SMILES string of the molecule is C.C.CC=CCC1CCC(C2CCC(c3cc(C)c(C)c(C)c3)CC2)CC1.II. The van der Waals surface area contributed by atoms with Crippen LogP contribution in [-0.4, -0.2) is 0 Å². The first-order valence-electron chi connectivity index (χ1n) is 10.9. The highest BCUT2D eigenvalue weighted by Crippen LogP contribution is 2.44. The molecule has 3 rings (SSSR count). The Balaban J connectivity index is 0.00000190. The van der Waals surface area contributed by atoms with Crippen LogP contribution in [0.25, 0.3) is 0 Å². The number of allylic oxidation sites excluding steroid dienone is 2. The lowest BCUT2D eigenvalue weighted by Crippen LogP contribution is -2.25. The van der Waals surface area contributed by atoms with Crippen LogP contribution in [0.4, 0.5) is 0 Å². The summed E-state index contributed by atoms with van der Waals surface area (Å²) in [5.74, 6) is 3.85. The van der Waals surface area contributed by atoms with Gasteiger partial charge in [0, 0.05) is 37.2 Å². The average Bonchev–Trinajstić information content (AvgIpc) is 2.72. The Kier molecular flexibility index (Phi) is 15.5. The zero-order valence-electron chi connectivity index (χ0n) is 17.7. The zero-order valence-corrected chi connectivity index (χ0v) is 22.1. The molecule has 0 atom stereocenters. The second-order valence-corrected chi connectivity index (χ2v) is 8.98. The Bertz CT molecular complexity index is 566. The molecule has 0 nitrogen and oxygen atoms in total. The van der Waals surface area contributed by atoms with Crippen molar-refractivity contribution in [2.75, 3.05) is 0 Å². The van der Waals surface area contributed by atoms with Crippen LogP contribution in [0.1, 0.15) is 108 Å². The molecule has 0 bridgehead atoms. The van der Waals surface area contributed by atoms with Crippen molar-refractivity contribution in [3.05, 3.63) is 46.5 Å². The molecule has 2 fully saturated rings. The third kappa shape index (κ3) is 8.46. The van der Waals surface area contributed by atoms with E-state index in [1.807, 2.05) is 0 Å². The monoisotopic (exact) mass is 624 g/mol. The van der Waals surface area contributed by atoms with Crippen LogP contribution >= 0.6 is 37.2 Å². The Morgan fingerprint density at radius 2 is 1.24 bits per heavy atom. The second kappa shape index (κ2) is 15.3. The summed E-state index contributed by atoms with van der Waals surface area (Å²) in [6.45, 7) is 8.98. The topological polar surface area (TPSA) is 0 Å². The van der Waals surface area contributed by atoms with Crippen LogP contribution in [0.2, 0.25) is 0 Å². The summed E-state index contributed by atoms with van der Waals surface area (Å²) >= 11 is 4.24. The van der Waals surface area contributed by atoms with Crippen molar-refractivity contribution in [1.82, 2.24) is 0 Å². The molecule has 0 unspecified atom stereocenters. The largest absolute Gasteiger partial charge is 0.0917 e. The van der Waals surface area contributed by atoms with E-state index in [9.17, 15) is 0 Å². The van der Waals surface area contributed by atoms with Crippen molar-refractivity contribution in [3.8, 4) is 0 Å². The van der Waals surface area contributed by atoms with Crippen LogP contribution in [0.5, 0.6) is 0 Å². The van der Waals surface area contributed by atoms with Gasteiger partial charge < -0.3 is 0 Å². The molecule has 2 aliphatic rings. The molecule has 29 heavy (non-hydrogen) atoms.